The molecule has 0 fully saturated rings. The Hall–Kier alpha value is -8.42. The Labute approximate surface area is 847 Å². The van der Waals surface area contributed by atoms with Crippen molar-refractivity contribution in [2.45, 2.75) is 326 Å². The van der Waals surface area contributed by atoms with Gasteiger partial charge in [0.2, 0.25) is 0 Å². The molecule has 4 aliphatic heterocycles. The van der Waals surface area contributed by atoms with Gasteiger partial charge in [-0.05, 0) is 230 Å². The summed E-state index contributed by atoms with van der Waals surface area (Å²) >= 11 is 7.19. The molecular formula is C118H144BBrN9SSi2Zn2. The standard InChI is InChI=1S/C59H71BrN4Si.C59H72N4Si.BHNS.2Zn/c1-35(2)65(36(3)4,37(5)6)28-27-44-45-19-21-47(61-45)53(38-29-40(56(7,8)9)33-41(30-38)57(10,11)12)49-23-25-51(63-49)55(60)52-26-24-50(64-52)54(48-22-20-46(44)62-48)39-31-42(58(13,14)15)34-43(32-39)59(16,17)18;1-36(2)64(37(3)4,38(5)6)28-27-47-48-23-25-52(62-48)54(39-29-41(56(7,8)9)33-42(30-39)57(10,11)12)50-21-19-45(60-50)35-46-20-22-51(61-46)55(53-26-24-49(47)63-53)40-31-43(58(13,14)15)34-44(32-40)59(16,17)18;1-2-3;;/h19-26,29-37H,1-18H3;19-26,29-38H,1-18H3;3H;;/q2*-2;;2*+2. The zero-order chi connectivity index (χ0) is 97.4. The number of fused-ring (bicyclic) bond motifs is 16. The molecule has 1 radical (unpaired) electrons. The number of halogens is 1. The van der Waals surface area contributed by atoms with Gasteiger partial charge in [-0.2, -0.15) is 0 Å². The summed E-state index contributed by atoms with van der Waals surface area (Å²) in [6, 6.07) is 47.5. The fourth-order valence-corrected chi connectivity index (χ4v) is 30.1. The summed E-state index contributed by atoms with van der Waals surface area (Å²) in [5.74, 6) is 7.75. The normalized spacial score (nSPS) is 13.2. The Morgan fingerprint density at radius 3 is 0.784 bits per heavy atom. The van der Waals surface area contributed by atoms with Gasteiger partial charge in [0.25, 0.3) is 0 Å². The van der Waals surface area contributed by atoms with Gasteiger partial charge in [0, 0.05) is 15.6 Å². The maximum absolute atomic E-state index is 5.57. The first-order chi connectivity index (χ1) is 61.2. The number of benzene rings is 4. The maximum Gasteiger partial charge on any atom is 2.00 e. The second kappa shape index (κ2) is 40.6. The van der Waals surface area contributed by atoms with E-state index in [4.69, 9.17) is 39.9 Å². The van der Waals surface area contributed by atoms with E-state index in [1.165, 1.54) is 44.5 Å². The fourth-order valence-electron chi connectivity index (χ4n) is 19.3. The first kappa shape index (κ1) is 108. The van der Waals surface area contributed by atoms with E-state index in [9.17, 15) is 0 Å². The molecule has 0 amide bonds. The smallest absolute Gasteiger partial charge is 2.00 e. The summed E-state index contributed by atoms with van der Waals surface area (Å²) in [6.45, 7) is 83.4. The van der Waals surface area contributed by atoms with Crippen LogP contribution in [0.5, 0.6) is 0 Å². The predicted octanol–water partition coefficient (Wildman–Crippen LogP) is 33.0. The van der Waals surface area contributed by atoms with Gasteiger partial charge in [-0.1, -0.05) is 388 Å². The Morgan fingerprint density at radius 1 is 0.291 bits per heavy atom. The molecule has 10 heterocycles. The van der Waals surface area contributed by atoms with Crippen molar-refractivity contribution in [3.63, 3.8) is 0 Å². The topological polar surface area (TPSA) is 120 Å². The first-order valence-corrected chi connectivity index (χ1v) is 53.3. The van der Waals surface area contributed by atoms with Crippen molar-refractivity contribution >= 4 is 145 Å². The molecule has 689 valence electrons. The van der Waals surface area contributed by atoms with E-state index in [0.29, 0.717) is 33.2 Å². The van der Waals surface area contributed by atoms with Crippen LogP contribution < -0.4 is 19.9 Å². The SMILES string of the molecule is CC(C)[Si](C#Cc1c2nc(c(-c3cc(C(C)(C)C)cc(C(C)(C)C)c3)c3ccc([n-]3)c(Br)c3nc(c(-c4cc(C(C)(C)C)cc(C(C)(C)C)c4)c4ccc1[n-]4)C=C3)C=C2)(C(C)C)C(C)C.CC(C)[Si](C#Cc1c2nc(c(-c3cc(C(C)(C)C)cc(C(C)(C)C)c3)c3ccc(cc4nc(c(-c5cc(C(C)(C)C)cc(C(C)(C)C)c5)c5ccc1[n-]5)C=C4)[n-]3)C=C2)(C(C)C)C(C)C.[B]=NS.[Zn+2].[Zn+2]. The van der Waals surface area contributed by atoms with Crippen molar-refractivity contribution < 1.29 is 39.0 Å². The Balaban J connectivity index is 0.000000266. The molecule has 0 N–H and O–H groups in total. The van der Waals surface area contributed by atoms with Gasteiger partial charge in [-0.3, -0.25) is 0 Å². The van der Waals surface area contributed by atoms with Crippen LogP contribution in [0, 0.1) is 22.9 Å². The summed E-state index contributed by atoms with van der Waals surface area (Å²) in [6.07, 6.45) is 17.1. The van der Waals surface area contributed by atoms with E-state index >= 15 is 0 Å². The third-order valence-electron chi connectivity index (χ3n) is 27.3. The Kier molecular flexibility index (Phi) is 32.6. The van der Waals surface area contributed by atoms with Gasteiger partial charge in [0.05, 0.1) is 45.6 Å². The quantitative estimate of drug-likeness (QED) is 0.0817. The summed E-state index contributed by atoms with van der Waals surface area (Å²) in [4.78, 5) is 43.7. The number of hydrogen-bond donors (Lipinski definition) is 1. The van der Waals surface area contributed by atoms with Crippen LogP contribution in [0.15, 0.2) is 136 Å². The van der Waals surface area contributed by atoms with Crippen LogP contribution in [-0.2, 0) is 82.3 Å². The van der Waals surface area contributed by atoms with Crippen LogP contribution in [0.4, 0.5) is 0 Å². The maximum atomic E-state index is 5.57. The average molecular weight is 2000 g/mol. The molecule has 16 heteroatoms. The number of hydrogen-bond acceptors (Lipinski definition) is 6. The zero-order valence-corrected chi connectivity index (χ0v) is 98.0. The monoisotopic (exact) mass is 1990 g/mol. The molecule has 10 aromatic rings. The van der Waals surface area contributed by atoms with Crippen LogP contribution in [-0.4, -0.2) is 43.7 Å². The minimum atomic E-state index is -2.16. The van der Waals surface area contributed by atoms with Crippen molar-refractivity contribution in [3.8, 4) is 67.4 Å². The predicted molar refractivity (Wildman–Crippen MR) is 586 cm³/mol. The van der Waals surface area contributed by atoms with Crippen molar-refractivity contribution in [1.29, 1.82) is 0 Å². The van der Waals surface area contributed by atoms with Crippen molar-refractivity contribution in [1.82, 2.24) is 39.9 Å². The van der Waals surface area contributed by atoms with E-state index in [1.54, 1.807) is 0 Å². The summed E-state index contributed by atoms with van der Waals surface area (Å²) < 4.78 is 3.53. The molecule has 0 aliphatic carbocycles. The van der Waals surface area contributed by atoms with E-state index in [2.05, 4.69) is 489 Å². The van der Waals surface area contributed by atoms with E-state index in [1.807, 2.05) is 0 Å². The number of aromatic nitrogens is 8. The second-order valence-electron chi connectivity index (χ2n) is 47.1. The Bertz CT molecular complexity index is 6450. The molecular weight excluding hydrogens is 1850 g/mol. The van der Waals surface area contributed by atoms with E-state index in [0.717, 1.165) is 150 Å². The van der Waals surface area contributed by atoms with Gasteiger partial charge in [-0.25, -0.2) is 19.9 Å². The molecule has 4 aliphatic rings. The zero-order valence-electron chi connectivity index (χ0n) is 87.5. The molecule has 16 bridgehead atoms. The van der Waals surface area contributed by atoms with Gasteiger partial charge >= 0.3 is 63.7 Å². The van der Waals surface area contributed by atoms with Gasteiger partial charge in [0.15, 0.2) is 0 Å². The van der Waals surface area contributed by atoms with Crippen LogP contribution in [0.25, 0.3) is 137 Å². The first-order valence-electron chi connectivity index (χ1n) is 47.7. The summed E-state index contributed by atoms with van der Waals surface area (Å²) in [5.41, 5.74) is 44.4. The molecule has 0 atom stereocenters. The number of thiol groups is 1. The summed E-state index contributed by atoms with van der Waals surface area (Å²) in [5, 5.41) is 0. The van der Waals surface area contributed by atoms with Gasteiger partial charge in [0.1, 0.15) is 16.1 Å². The molecule has 9 nitrogen and oxygen atoms in total. The van der Waals surface area contributed by atoms with Crippen molar-refractivity contribution in [2.75, 3.05) is 0 Å². The molecule has 0 unspecified atom stereocenters. The van der Waals surface area contributed by atoms with Crippen molar-refractivity contribution in [3.05, 3.63) is 233 Å². The molecule has 4 aromatic carbocycles. The number of rotatable bonds is 10. The van der Waals surface area contributed by atoms with Crippen LogP contribution >= 0.6 is 28.7 Å². The van der Waals surface area contributed by atoms with Gasteiger partial charge < -0.3 is 19.9 Å². The molecule has 134 heavy (non-hydrogen) atoms. The minimum Gasteiger partial charge on any atom is 2.00 e. The van der Waals surface area contributed by atoms with Crippen LogP contribution in [0.2, 0.25) is 33.2 Å². The number of nitrogens with zero attached hydrogens (tertiary/aromatic N) is 9. The average Bonchev–Trinajstić information content (AvgIpc) is 1.61. The van der Waals surface area contributed by atoms with Crippen molar-refractivity contribution in [2.24, 2.45) is 4.30 Å². The third kappa shape index (κ3) is 23.1. The van der Waals surface area contributed by atoms with Crippen LogP contribution in [0.1, 0.15) is 350 Å². The van der Waals surface area contributed by atoms with Gasteiger partial charge in [-0.15, -0.1) is 55.2 Å². The molecule has 0 saturated carbocycles. The molecule has 0 spiro atoms. The molecule has 0 saturated heterocycles. The minimum absolute atomic E-state index is 0. The van der Waals surface area contributed by atoms with E-state index in [-0.39, 0.29) is 82.3 Å². The molecule has 14 rings (SSSR count). The Morgan fingerprint density at radius 2 is 0.507 bits per heavy atom. The fraction of sp³-hybridized carbons (Fsp3) is 0.424. The third-order valence-corrected chi connectivity index (χ3v) is 40.7. The largest absolute Gasteiger partial charge is 2.00 e. The summed E-state index contributed by atoms with van der Waals surface area (Å²) in [7, 11) is 0.0322. The second-order valence-corrected chi connectivity index (χ2v) is 59.3. The molecule has 6 aromatic heterocycles. The van der Waals surface area contributed by atoms with E-state index < -0.39 is 16.1 Å². The van der Waals surface area contributed by atoms with Crippen LogP contribution in [0.3, 0.4) is 0 Å².